The van der Waals surface area contributed by atoms with Gasteiger partial charge in [-0.15, -0.1) is 0 Å². The highest BCUT2D eigenvalue weighted by atomic mass is 32.2. The minimum absolute atomic E-state index is 0.230. The topological polar surface area (TPSA) is 195 Å². The third-order valence-corrected chi connectivity index (χ3v) is 10.1. The van der Waals surface area contributed by atoms with Gasteiger partial charge in [-0.1, -0.05) is 36.4 Å². The van der Waals surface area contributed by atoms with Crippen molar-refractivity contribution in [2.45, 2.75) is 20.1 Å². The van der Waals surface area contributed by atoms with Crippen molar-refractivity contribution < 1.29 is 33.7 Å². The van der Waals surface area contributed by atoms with E-state index in [0.29, 0.717) is 0 Å². The first-order valence-corrected chi connectivity index (χ1v) is 19.3. The molecule has 220 valence electrons. The molecule has 0 N–H and O–H groups in total. The fourth-order valence-corrected chi connectivity index (χ4v) is 8.46. The predicted octanol–water partition coefficient (Wildman–Crippen LogP) is 2.13. The van der Waals surface area contributed by atoms with Gasteiger partial charge in [0.05, 0.1) is 0 Å². The van der Waals surface area contributed by atoms with Crippen LogP contribution in [0.15, 0.2) is 80.8 Å². The normalized spacial score (nSPS) is 13.9. The average molecular weight is 651 g/mol. The van der Waals surface area contributed by atoms with Gasteiger partial charge in [-0.05, 0) is 24.3 Å². The SMILES string of the molecule is CS(=O)(=O)c1nc2c(nc1S(C)(=O)=O)N(c1ccccc1)c1nc(S(C)(=O)=O)c(S(C)(=O)=O)nc1N2c1ccccc1. The number of hydrogen-bond donors (Lipinski definition) is 0. The molecular weight excluding hydrogens is 629 g/mol. The van der Waals surface area contributed by atoms with E-state index in [-0.39, 0.29) is 34.6 Å². The first kappa shape index (κ1) is 29.5. The number of benzene rings is 2. The van der Waals surface area contributed by atoms with Crippen LogP contribution in [0.25, 0.3) is 0 Å². The van der Waals surface area contributed by atoms with Gasteiger partial charge in [-0.2, -0.15) is 0 Å². The van der Waals surface area contributed by atoms with E-state index in [4.69, 9.17) is 0 Å². The summed E-state index contributed by atoms with van der Waals surface area (Å²) in [6, 6.07) is 16.2. The molecule has 1 aliphatic heterocycles. The Morgan fingerprint density at radius 2 is 0.619 bits per heavy atom. The molecule has 18 heteroatoms. The molecule has 0 spiro atoms. The number of aromatic nitrogens is 4. The van der Waals surface area contributed by atoms with E-state index in [1.165, 1.54) is 9.80 Å². The highest BCUT2D eigenvalue weighted by molar-refractivity contribution is 7.94. The van der Waals surface area contributed by atoms with Crippen LogP contribution in [0.4, 0.5) is 34.6 Å². The smallest absolute Gasteiger partial charge is 0.195 e. The summed E-state index contributed by atoms with van der Waals surface area (Å²) < 4.78 is 102. The van der Waals surface area contributed by atoms with Crippen LogP contribution in [0.5, 0.6) is 0 Å². The largest absolute Gasteiger partial charge is 0.273 e. The molecule has 5 rings (SSSR count). The van der Waals surface area contributed by atoms with Gasteiger partial charge < -0.3 is 0 Å². The van der Waals surface area contributed by atoms with E-state index in [9.17, 15) is 33.7 Å². The molecule has 4 aromatic rings. The Labute approximate surface area is 242 Å². The summed E-state index contributed by atoms with van der Waals surface area (Å²) in [7, 11) is -17.1. The molecule has 1 aliphatic rings. The van der Waals surface area contributed by atoms with Crippen LogP contribution in [0, 0.1) is 0 Å². The van der Waals surface area contributed by atoms with Crippen molar-refractivity contribution in [2.75, 3.05) is 34.8 Å². The molecule has 0 saturated heterocycles. The van der Waals surface area contributed by atoms with Crippen molar-refractivity contribution in [3.8, 4) is 0 Å². The van der Waals surface area contributed by atoms with Crippen LogP contribution in [-0.2, 0) is 39.3 Å². The predicted molar refractivity (Wildman–Crippen MR) is 153 cm³/mol. The summed E-state index contributed by atoms with van der Waals surface area (Å²) in [5.74, 6) is -0.921. The Balaban J connectivity index is 2.05. The summed E-state index contributed by atoms with van der Waals surface area (Å²) in [4.78, 5) is 19.5. The quantitative estimate of drug-likeness (QED) is 0.259. The third-order valence-electron chi connectivity index (χ3n) is 5.88. The first-order chi connectivity index (χ1) is 19.4. The molecule has 2 aromatic heterocycles. The van der Waals surface area contributed by atoms with Crippen molar-refractivity contribution in [2.24, 2.45) is 0 Å². The molecule has 14 nitrogen and oxygen atoms in total. The highest BCUT2D eigenvalue weighted by Gasteiger charge is 2.41. The maximum atomic E-state index is 12.8. The number of rotatable bonds is 6. The first-order valence-electron chi connectivity index (χ1n) is 11.7. The number of nitrogens with zero attached hydrogens (tertiary/aromatic N) is 6. The zero-order chi connectivity index (χ0) is 30.8. The van der Waals surface area contributed by atoms with Crippen molar-refractivity contribution in [3.63, 3.8) is 0 Å². The second kappa shape index (κ2) is 9.79. The van der Waals surface area contributed by atoms with Crippen LogP contribution in [0.2, 0.25) is 0 Å². The lowest BCUT2D eigenvalue weighted by atomic mass is 10.2. The van der Waals surface area contributed by atoms with Crippen LogP contribution in [0.3, 0.4) is 0 Å². The van der Waals surface area contributed by atoms with Crippen molar-refractivity contribution in [1.82, 2.24) is 19.9 Å². The van der Waals surface area contributed by atoms with Crippen LogP contribution in [-0.4, -0.2) is 78.6 Å². The van der Waals surface area contributed by atoms with Crippen molar-refractivity contribution >= 4 is 74.0 Å². The Hall–Kier alpha value is -4.00. The molecule has 3 heterocycles. The average Bonchev–Trinajstić information content (AvgIpc) is 2.89. The van der Waals surface area contributed by atoms with Crippen molar-refractivity contribution in [1.29, 1.82) is 0 Å². The van der Waals surface area contributed by atoms with E-state index in [2.05, 4.69) is 19.9 Å². The molecule has 2 aromatic carbocycles. The zero-order valence-corrected chi connectivity index (χ0v) is 25.6. The molecule has 0 radical (unpaired) electrons. The summed E-state index contributed by atoms with van der Waals surface area (Å²) in [5.41, 5.74) is 0.573. The summed E-state index contributed by atoms with van der Waals surface area (Å²) >= 11 is 0. The van der Waals surface area contributed by atoms with Crippen molar-refractivity contribution in [3.05, 3.63) is 60.7 Å². The molecule has 42 heavy (non-hydrogen) atoms. The lowest BCUT2D eigenvalue weighted by Gasteiger charge is -2.37. The van der Waals surface area contributed by atoms with Gasteiger partial charge >= 0.3 is 0 Å². The minimum atomic E-state index is -4.28. The van der Waals surface area contributed by atoms with Crippen LogP contribution < -0.4 is 9.80 Å². The van der Waals surface area contributed by atoms with E-state index in [1.54, 1.807) is 60.7 Å². The molecule has 0 amide bonds. The van der Waals surface area contributed by atoms with Crippen LogP contribution >= 0.6 is 0 Å². The van der Waals surface area contributed by atoms with E-state index in [1.807, 2.05) is 0 Å². The fourth-order valence-electron chi connectivity index (χ4n) is 4.19. The molecule has 0 aliphatic carbocycles. The Bertz CT molecular complexity index is 1920. The maximum Gasteiger partial charge on any atom is 0.195 e. The lowest BCUT2D eigenvalue weighted by Crippen LogP contribution is -2.31. The molecule has 0 unspecified atom stereocenters. The molecule has 0 saturated carbocycles. The standard InChI is InChI=1S/C24H22N6O8S4/c1-39(31,32)21-22(40(2,33)34)26-18-17(25-21)29(15-11-7-5-8-12-15)19-20(30(18)16-13-9-6-10-14-16)28-24(42(4,37)38)23(27-19)41(3,35)36/h5-14H,1-4H3. The summed E-state index contributed by atoms with van der Waals surface area (Å²) in [5, 5.41) is -3.37. The number of hydrogen-bond acceptors (Lipinski definition) is 14. The second-order valence-corrected chi connectivity index (χ2v) is 17.1. The highest BCUT2D eigenvalue weighted by Crippen LogP contribution is 2.52. The van der Waals surface area contributed by atoms with Gasteiger partial charge in [0.25, 0.3) is 0 Å². The number of sulfone groups is 4. The zero-order valence-electron chi connectivity index (χ0n) is 22.4. The number of para-hydroxylation sites is 2. The van der Waals surface area contributed by atoms with Gasteiger partial charge in [-0.3, -0.25) is 9.80 Å². The van der Waals surface area contributed by atoms with Gasteiger partial charge in [0.2, 0.25) is 0 Å². The number of anilines is 6. The van der Waals surface area contributed by atoms with E-state index in [0.717, 1.165) is 25.0 Å². The molecule has 0 atom stereocenters. The monoisotopic (exact) mass is 650 g/mol. The van der Waals surface area contributed by atoms with E-state index < -0.39 is 59.5 Å². The Kier molecular flexibility index (Phi) is 6.87. The Morgan fingerprint density at radius 3 is 0.810 bits per heavy atom. The second-order valence-electron chi connectivity index (χ2n) is 9.39. The molecule has 0 fully saturated rings. The molecule has 0 bridgehead atoms. The third kappa shape index (κ3) is 5.21. The minimum Gasteiger partial charge on any atom is -0.273 e. The van der Waals surface area contributed by atoms with Crippen LogP contribution in [0.1, 0.15) is 0 Å². The Morgan fingerprint density at radius 1 is 0.405 bits per heavy atom. The summed E-state index contributed by atoms with van der Waals surface area (Å²) in [6.45, 7) is 0. The van der Waals surface area contributed by atoms with Gasteiger partial charge in [0.1, 0.15) is 0 Å². The number of fused-ring (bicyclic) bond motifs is 2. The lowest BCUT2D eigenvalue weighted by molar-refractivity contribution is 0.576. The van der Waals surface area contributed by atoms with E-state index >= 15 is 0 Å². The van der Waals surface area contributed by atoms with Gasteiger partial charge in [0.15, 0.2) is 82.7 Å². The van der Waals surface area contributed by atoms with Gasteiger partial charge in [0, 0.05) is 36.4 Å². The summed E-state index contributed by atoms with van der Waals surface area (Å²) in [6.07, 6.45) is 3.10. The maximum absolute atomic E-state index is 12.8. The fraction of sp³-hybridized carbons (Fsp3) is 0.167. The molecular formula is C24H22N6O8S4. The van der Waals surface area contributed by atoms with Gasteiger partial charge in [-0.25, -0.2) is 53.6 Å².